The summed E-state index contributed by atoms with van der Waals surface area (Å²) in [5, 5.41) is 2.84. The Balaban J connectivity index is 1.87. The second kappa shape index (κ2) is 9.80. The third-order valence-corrected chi connectivity index (χ3v) is 4.51. The summed E-state index contributed by atoms with van der Waals surface area (Å²) in [5.74, 6) is 0.201. The average Bonchev–Trinajstić information content (AvgIpc) is 3.08. The first-order chi connectivity index (χ1) is 13.0. The molecule has 1 unspecified atom stereocenters. The van der Waals surface area contributed by atoms with Gasteiger partial charge in [0.05, 0.1) is 27.2 Å². The number of unbranched alkanes of at least 4 members (excludes halogenated alkanes) is 1. The zero-order valence-corrected chi connectivity index (χ0v) is 15.9. The molecule has 0 saturated carbocycles. The maximum atomic E-state index is 12.4. The molecule has 1 fully saturated rings. The van der Waals surface area contributed by atoms with Crippen molar-refractivity contribution in [2.75, 3.05) is 39.3 Å². The molecule has 0 radical (unpaired) electrons. The fourth-order valence-corrected chi connectivity index (χ4v) is 2.98. The minimum atomic E-state index is -0.397. The molecule has 2 rings (SSSR count). The van der Waals surface area contributed by atoms with Gasteiger partial charge in [0, 0.05) is 37.7 Å². The number of ether oxygens (including phenoxy) is 3. The van der Waals surface area contributed by atoms with Crippen LogP contribution in [0.5, 0.6) is 11.5 Å². The smallest absolute Gasteiger partial charge is 0.305 e. The number of rotatable bonds is 9. The summed E-state index contributed by atoms with van der Waals surface area (Å²) in [6.45, 7) is 0.791. The van der Waals surface area contributed by atoms with E-state index >= 15 is 0 Å². The largest absolute Gasteiger partial charge is 0.493 e. The Bertz CT molecular complexity index is 691. The lowest BCUT2D eigenvalue weighted by molar-refractivity contribution is -0.140. The van der Waals surface area contributed by atoms with Crippen molar-refractivity contribution in [3.63, 3.8) is 0 Å². The lowest BCUT2D eigenvalue weighted by Crippen LogP contribution is -2.33. The molecule has 0 aromatic heterocycles. The van der Waals surface area contributed by atoms with E-state index in [-0.39, 0.29) is 24.2 Å². The molecule has 0 aliphatic carbocycles. The van der Waals surface area contributed by atoms with Crippen molar-refractivity contribution in [2.45, 2.75) is 25.7 Å². The van der Waals surface area contributed by atoms with Gasteiger partial charge in [-0.25, -0.2) is 0 Å². The Morgan fingerprint density at radius 1 is 1.15 bits per heavy atom. The first-order valence-electron chi connectivity index (χ1n) is 8.87. The number of carbonyl (C=O) groups excluding carboxylic acids is 3. The Morgan fingerprint density at radius 3 is 2.56 bits per heavy atom. The number of carbonyl (C=O) groups is 3. The molecule has 1 aliphatic heterocycles. The summed E-state index contributed by atoms with van der Waals surface area (Å²) in [6.07, 6.45) is 1.83. The molecule has 27 heavy (non-hydrogen) atoms. The van der Waals surface area contributed by atoms with E-state index in [2.05, 4.69) is 10.1 Å². The molecule has 2 amide bonds. The van der Waals surface area contributed by atoms with Crippen LogP contribution in [-0.4, -0.2) is 52.2 Å². The maximum Gasteiger partial charge on any atom is 0.305 e. The fraction of sp³-hybridized carbons (Fsp3) is 0.526. The summed E-state index contributed by atoms with van der Waals surface area (Å²) >= 11 is 0. The molecule has 0 bridgehead atoms. The van der Waals surface area contributed by atoms with Gasteiger partial charge in [-0.15, -0.1) is 0 Å². The van der Waals surface area contributed by atoms with Crippen LogP contribution in [0.4, 0.5) is 5.69 Å². The van der Waals surface area contributed by atoms with E-state index in [0.717, 1.165) is 0 Å². The van der Waals surface area contributed by atoms with Crippen molar-refractivity contribution in [1.29, 1.82) is 0 Å². The highest BCUT2D eigenvalue weighted by atomic mass is 16.5. The average molecular weight is 378 g/mol. The van der Waals surface area contributed by atoms with Crippen LogP contribution >= 0.6 is 0 Å². The summed E-state index contributed by atoms with van der Waals surface area (Å²) < 4.78 is 15.0. The van der Waals surface area contributed by atoms with Crippen LogP contribution in [0.15, 0.2) is 18.2 Å². The number of nitrogens with one attached hydrogen (secondary N) is 1. The van der Waals surface area contributed by atoms with E-state index in [1.54, 1.807) is 30.2 Å². The highest BCUT2D eigenvalue weighted by Crippen LogP contribution is 2.34. The van der Waals surface area contributed by atoms with Gasteiger partial charge in [-0.2, -0.15) is 0 Å². The number of anilines is 1. The highest BCUT2D eigenvalue weighted by molar-refractivity contribution is 6.00. The Morgan fingerprint density at radius 2 is 1.89 bits per heavy atom. The first-order valence-corrected chi connectivity index (χ1v) is 8.87. The van der Waals surface area contributed by atoms with Crippen LogP contribution in [0.3, 0.4) is 0 Å². The molecule has 1 heterocycles. The summed E-state index contributed by atoms with van der Waals surface area (Å²) in [6, 6.07) is 5.23. The minimum Gasteiger partial charge on any atom is -0.493 e. The van der Waals surface area contributed by atoms with Crippen molar-refractivity contribution in [2.24, 2.45) is 5.92 Å². The van der Waals surface area contributed by atoms with E-state index in [1.807, 2.05) is 0 Å². The maximum absolute atomic E-state index is 12.4. The summed E-state index contributed by atoms with van der Waals surface area (Å²) in [7, 11) is 4.43. The van der Waals surface area contributed by atoms with Gasteiger partial charge in [-0.3, -0.25) is 14.4 Å². The lowest BCUT2D eigenvalue weighted by Gasteiger charge is -2.18. The molecule has 0 spiro atoms. The third kappa shape index (κ3) is 5.35. The van der Waals surface area contributed by atoms with Gasteiger partial charge in [0.2, 0.25) is 11.8 Å². The molecule has 148 valence electrons. The normalized spacial score (nSPS) is 16.2. The van der Waals surface area contributed by atoms with Crippen LogP contribution < -0.4 is 19.7 Å². The summed E-state index contributed by atoms with van der Waals surface area (Å²) in [4.78, 5) is 37.3. The van der Waals surface area contributed by atoms with Gasteiger partial charge >= 0.3 is 5.97 Å². The molecular weight excluding hydrogens is 352 g/mol. The molecule has 1 saturated heterocycles. The molecular formula is C19H26N2O6. The van der Waals surface area contributed by atoms with Gasteiger partial charge in [-0.05, 0) is 25.0 Å². The molecule has 1 N–H and O–H groups in total. The zero-order valence-electron chi connectivity index (χ0n) is 15.9. The number of esters is 1. The SMILES string of the molecule is COC(=O)CCCCNC(=O)C1CC(=O)N(c2ccc(OC)c(OC)c2)C1. The monoisotopic (exact) mass is 378 g/mol. The van der Waals surface area contributed by atoms with Crippen molar-refractivity contribution in [3.05, 3.63) is 18.2 Å². The molecule has 8 nitrogen and oxygen atoms in total. The number of hydrogen-bond acceptors (Lipinski definition) is 6. The van der Waals surface area contributed by atoms with E-state index < -0.39 is 5.92 Å². The van der Waals surface area contributed by atoms with E-state index in [4.69, 9.17) is 9.47 Å². The van der Waals surface area contributed by atoms with E-state index in [9.17, 15) is 14.4 Å². The van der Waals surface area contributed by atoms with E-state index in [1.165, 1.54) is 14.2 Å². The molecule has 1 atom stereocenters. The number of nitrogens with zero attached hydrogens (tertiary/aromatic N) is 1. The quantitative estimate of drug-likeness (QED) is 0.517. The second-order valence-electron chi connectivity index (χ2n) is 6.27. The Kier molecular flexibility index (Phi) is 7.45. The number of hydrogen-bond donors (Lipinski definition) is 1. The number of methoxy groups -OCH3 is 3. The zero-order chi connectivity index (χ0) is 19.8. The Labute approximate surface area is 158 Å². The van der Waals surface area contributed by atoms with Gasteiger partial charge < -0.3 is 24.4 Å². The number of amides is 2. The van der Waals surface area contributed by atoms with Crippen LogP contribution in [-0.2, 0) is 19.1 Å². The van der Waals surface area contributed by atoms with Crippen molar-refractivity contribution >= 4 is 23.5 Å². The fourth-order valence-electron chi connectivity index (χ4n) is 2.98. The first kappa shape index (κ1) is 20.5. The van der Waals surface area contributed by atoms with Crippen LogP contribution in [0.25, 0.3) is 0 Å². The predicted octanol–water partition coefficient (Wildman–Crippen LogP) is 1.52. The standard InChI is InChI=1S/C19H26N2O6/c1-25-15-8-7-14(11-16(15)26-2)21-12-13(10-17(21)22)19(24)20-9-5-4-6-18(23)27-3/h7-8,11,13H,4-6,9-10,12H2,1-3H3,(H,20,24). The predicted molar refractivity (Wildman–Crippen MR) is 98.9 cm³/mol. The minimum absolute atomic E-state index is 0.104. The van der Waals surface area contributed by atoms with E-state index in [0.29, 0.717) is 49.5 Å². The number of benzene rings is 1. The van der Waals surface area contributed by atoms with Gasteiger partial charge in [-0.1, -0.05) is 0 Å². The van der Waals surface area contributed by atoms with Crippen LogP contribution in [0, 0.1) is 5.92 Å². The molecule has 1 aromatic rings. The topological polar surface area (TPSA) is 94.2 Å². The van der Waals surface area contributed by atoms with Crippen molar-refractivity contribution < 1.29 is 28.6 Å². The van der Waals surface area contributed by atoms with Crippen LogP contribution in [0.2, 0.25) is 0 Å². The summed E-state index contributed by atoms with van der Waals surface area (Å²) in [5.41, 5.74) is 0.672. The second-order valence-corrected chi connectivity index (χ2v) is 6.27. The van der Waals surface area contributed by atoms with Crippen molar-refractivity contribution in [3.8, 4) is 11.5 Å². The highest BCUT2D eigenvalue weighted by Gasteiger charge is 2.35. The Hall–Kier alpha value is -2.77. The lowest BCUT2D eigenvalue weighted by atomic mass is 10.1. The van der Waals surface area contributed by atoms with Gasteiger partial charge in [0.25, 0.3) is 0 Å². The molecule has 1 aliphatic rings. The van der Waals surface area contributed by atoms with Crippen LogP contribution in [0.1, 0.15) is 25.7 Å². The third-order valence-electron chi connectivity index (χ3n) is 4.51. The van der Waals surface area contributed by atoms with Crippen molar-refractivity contribution in [1.82, 2.24) is 5.32 Å². The van der Waals surface area contributed by atoms with Gasteiger partial charge in [0.1, 0.15) is 0 Å². The molecule has 8 heteroatoms. The van der Waals surface area contributed by atoms with Gasteiger partial charge in [0.15, 0.2) is 11.5 Å². The molecule has 1 aromatic carbocycles.